The fourth-order valence-electron chi connectivity index (χ4n) is 3.03. The summed E-state index contributed by atoms with van der Waals surface area (Å²) in [5.74, 6) is 1.51. The quantitative estimate of drug-likeness (QED) is 0.744. The molecule has 0 aliphatic heterocycles. The SMILES string of the molecule is CCC(Cc1ccc(OC)c(OC)c1)[C@@H](N)[C@H](O)c1cccc(Cl)c1. The highest BCUT2D eigenvalue weighted by Crippen LogP contribution is 2.31. The summed E-state index contributed by atoms with van der Waals surface area (Å²) in [4.78, 5) is 0. The lowest BCUT2D eigenvalue weighted by atomic mass is 9.85. The Morgan fingerprint density at radius 3 is 2.40 bits per heavy atom. The van der Waals surface area contributed by atoms with Gasteiger partial charge in [-0.15, -0.1) is 0 Å². The van der Waals surface area contributed by atoms with Crippen molar-refractivity contribution in [1.29, 1.82) is 0 Å². The summed E-state index contributed by atoms with van der Waals surface area (Å²) in [7, 11) is 3.23. The van der Waals surface area contributed by atoms with E-state index < -0.39 is 12.1 Å². The molecule has 0 saturated carbocycles. The third kappa shape index (κ3) is 4.88. The van der Waals surface area contributed by atoms with Gasteiger partial charge < -0.3 is 20.3 Å². The maximum absolute atomic E-state index is 10.6. The molecule has 0 amide bonds. The third-order valence-corrected chi connectivity index (χ3v) is 4.80. The van der Waals surface area contributed by atoms with Crippen molar-refractivity contribution in [2.24, 2.45) is 11.7 Å². The molecule has 0 radical (unpaired) electrons. The van der Waals surface area contributed by atoms with Gasteiger partial charge in [-0.25, -0.2) is 0 Å². The topological polar surface area (TPSA) is 64.7 Å². The summed E-state index contributed by atoms with van der Waals surface area (Å²) in [6, 6.07) is 12.7. The van der Waals surface area contributed by atoms with Crippen LogP contribution in [0.5, 0.6) is 11.5 Å². The zero-order chi connectivity index (χ0) is 18.4. The van der Waals surface area contributed by atoms with Gasteiger partial charge >= 0.3 is 0 Å². The van der Waals surface area contributed by atoms with Crippen LogP contribution in [-0.4, -0.2) is 25.4 Å². The molecule has 25 heavy (non-hydrogen) atoms. The van der Waals surface area contributed by atoms with Crippen molar-refractivity contribution in [3.8, 4) is 11.5 Å². The maximum Gasteiger partial charge on any atom is 0.160 e. The second-order valence-electron chi connectivity index (χ2n) is 6.14. The van der Waals surface area contributed by atoms with Crippen molar-refractivity contribution >= 4 is 11.6 Å². The predicted molar refractivity (Wildman–Crippen MR) is 101 cm³/mol. The number of hydrogen-bond acceptors (Lipinski definition) is 4. The van der Waals surface area contributed by atoms with Gasteiger partial charge in [0.1, 0.15) is 0 Å². The van der Waals surface area contributed by atoms with Crippen molar-refractivity contribution < 1.29 is 14.6 Å². The lowest BCUT2D eigenvalue weighted by Gasteiger charge is -2.28. The zero-order valence-electron chi connectivity index (χ0n) is 14.9. The first kappa shape index (κ1) is 19.6. The summed E-state index contributed by atoms with van der Waals surface area (Å²) < 4.78 is 10.6. The van der Waals surface area contributed by atoms with Crippen molar-refractivity contribution in [2.45, 2.75) is 31.9 Å². The minimum absolute atomic E-state index is 0.118. The molecule has 0 aliphatic rings. The minimum Gasteiger partial charge on any atom is -0.493 e. The number of aliphatic hydroxyl groups excluding tert-OH is 1. The Labute approximate surface area is 154 Å². The number of nitrogens with two attached hydrogens (primary N) is 1. The van der Waals surface area contributed by atoms with Crippen LogP contribution in [0.15, 0.2) is 42.5 Å². The Morgan fingerprint density at radius 2 is 1.80 bits per heavy atom. The van der Waals surface area contributed by atoms with Gasteiger partial charge in [-0.3, -0.25) is 0 Å². The van der Waals surface area contributed by atoms with E-state index in [1.807, 2.05) is 30.3 Å². The maximum atomic E-state index is 10.6. The van der Waals surface area contributed by atoms with E-state index in [1.54, 1.807) is 26.4 Å². The van der Waals surface area contributed by atoms with Crippen molar-refractivity contribution in [1.82, 2.24) is 0 Å². The van der Waals surface area contributed by atoms with Crippen LogP contribution in [0.3, 0.4) is 0 Å². The minimum atomic E-state index is -0.760. The molecule has 1 unspecified atom stereocenters. The second-order valence-corrected chi connectivity index (χ2v) is 6.58. The molecule has 2 aromatic rings. The number of halogens is 1. The lowest BCUT2D eigenvalue weighted by Crippen LogP contribution is -2.37. The fourth-order valence-corrected chi connectivity index (χ4v) is 3.23. The van der Waals surface area contributed by atoms with E-state index in [4.69, 9.17) is 26.8 Å². The van der Waals surface area contributed by atoms with Gasteiger partial charge in [-0.1, -0.05) is 43.1 Å². The predicted octanol–water partition coefficient (Wildman–Crippen LogP) is 3.99. The van der Waals surface area contributed by atoms with Crippen LogP contribution in [0, 0.1) is 5.92 Å². The number of ether oxygens (including phenoxy) is 2. The highest BCUT2D eigenvalue weighted by molar-refractivity contribution is 6.30. The van der Waals surface area contributed by atoms with Crippen LogP contribution >= 0.6 is 11.6 Å². The molecule has 0 spiro atoms. The van der Waals surface area contributed by atoms with E-state index in [0.29, 0.717) is 16.5 Å². The van der Waals surface area contributed by atoms with Gasteiger partial charge in [0.05, 0.1) is 20.3 Å². The number of methoxy groups -OCH3 is 2. The molecule has 136 valence electrons. The van der Waals surface area contributed by atoms with E-state index >= 15 is 0 Å². The van der Waals surface area contributed by atoms with E-state index in [0.717, 1.165) is 24.0 Å². The summed E-state index contributed by atoms with van der Waals surface area (Å²) >= 11 is 6.02. The Kier molecular flexibility index (Phi) is 7.12. The average Bonchev–Trinajstić information content (AvgIpc) is 2.64. The highest BCUT2D eigenvalue weighted by atomic mass is 35.5. The summed E-state index contributed by atoms with van der Waals surface area (Å²) in [6.07, 6.45) is 0.840. The molecule has 0 aliphatic carbocycles. The van der Waals surface area contributed by atoms with Gasteiger partial charge in [-0.2, -0.15) is 0 Å². The molecule has 0 bridgehead atoms. The molecule has 0 aromatic heterocycles. The van der Waals surface area contributed by atoms with Gasteiger partial charge in [-0.05, 0) is 47.7 Å². The van der Waals surface area contributed by atoms with Crippen LogP contribution in [0.25, 0.3) is 0 Å². The van der Waals surface area contributed by atoms with Crippen LogP contribution in [0.1, 0.15) is 30.6 Å². The van der Waals surface area contributed by atoms with Crippen molar-refractivity contribution in [3.05, 3.63) is 58.6 Å². The summed E-state index contributed by atoms with van der Waals surface area (Å²) in [5.41, 5.74) is 8.22. The van der Waals surface area contributed by atoms with Gasteiger partial charge in [0.2, 0.25) is 0 Å². The average molecular weight is 364 g/mol. The molecule has 3 atom stereocenters. The van der Waals surface area contributed by atoms with Gasteiger partial charge in [0, 0.05) is 11.1 Å². The molecule has 3 N–H and O–H groups in total. The summed E-state index contributed by atoms with van der Waals surface area (Å²) in [6.45, 7) is 2.08. The molecule has 2 aromatic carbocycles. The van der Waals surface area contributed by atoms with Crippen LogP contribution in [-0.2, 0) is 6.42 Å². The Morgan fingerprint density at radius 1 is 1.08 bits per heavy atom. The third-order valence-electron chi connectivity index (χ3n) is 4.57. The molecule has 0 saturated heterocycles. The second kappa shape index (κ2) is 9.09. The highest BCUT2D eigenvalue weighted by Gasteiger charge is 2.25. The van der Waals surface area contributed by atoms with E-state index in [-0.39, 0.29) is 5.92 Å². The van der Waals surface area contributed by atoms with Crippen molar-refractivity contribution in [2.75, 3.05) is 14.2 Å². The molecular formula is C20H26ClNO3. The molecule has 4 nitrogen and oxygen atoms in total. The number of aliphatic hydroxyl groups is 1. The van der Waals surface area contributed by atoms with Gasteiger partial charge in [0.25, 0.3) is 0 Å². The monoisotopic (exact) mass is 363 g/mol. The normalized spacial score (nSPS) is 14.6. The Hall–Kier alpha value is -1.75. The molecule has 0 fully saturated rings. The number of hydrogen-bond donors (Lipinski definition) is 2. The van der Waals surface area contributed by atoms with Crippen LogP contribution in [0.2, 0.25) is 5.02 Å². The zero-order valence-corrected chi connectivity index (χ0v) is 15.7. The van der Waals surface area contributed by atoms with Gasteiger partial charge in [0.15, 0.2) is 11.5 Å². The molecular weight excluding hydrogens is 338 g/mol. The standard InChI is InChI=1S/C20H26ClNO3/c1-4-14(10-13-8-9-17(24-2)18(11-13)25-3)19(22)20(23)15-6-5-7-16(21)12-15/h5-9,11-12,14,19-20,23H,4,10,22H2,1-3H3/t14?,19-,20-/m1/s1. The van der Waals surface area contributed by atoms with E-state index in [9.17, 15) is 5.11 Å². The lowest BCUT2D eigenvalue weighted by molar-refractivity contribution is 0.115. The Balaban J connectivity index is 2.16. The molecule has 0 heterocycles. The van der Waals surface area contributed by atoms with Crippen LogP contribution < -0.4 is 15.2 Å². The molecule has 2 rings (SSSR count). The van der Waals surface area contributed by atoms with E-state index in [1.165, 1.54) is 0 Å². The first-order valence-electron chi connectivity index (χ1n) is 8.40. The van der Waals surface area contributed by atoms with Crippen molar-refractivity contribution in [3.63, 3.8) is 0 Å². The number of rotatable bonds is 8. The largest absolute Gasteiger partial charge is 0.493 e. The fraction of sp³-hybridized carbons (Fsp3) is 0.400. The first-order chi connectivity index (χ1) is 12.0. The Bertz CT molecular complexity index is 692. The van der Waals surface area contributed by atoms with E-state index in [2.05, 4.69) is 6.92 Å². The molecule has 5 heteroatoms. The smallest absolute Gasteiger partial charge is 0.160 e. The number of benzene rings is 2. The van der Waals surface area contributed by atoms with Crippen LogP contribution in [0.4, 0.5) is 0 Å². The summed E-state index contributed by atoms with van der Waals surface area (Å²) in [5, 5.41) is 11.2. The first-order valence-corrected chi connectivity index (χ1v) is 8.78.